The highest BCUT2D eigenvalue weighted by Crippen LogP contribution is 2.28. The van der Waals surface area contributed by atoms with Crippen LogP contribution in [0.2, 0.25) is 0 Å². The fourth-order valence-corrected chi connectivity index (χ4v) is 2.36. The summed E-state index contributed by atoms with van der Waals surface area (Å²) in [5, 5.41) is 11.0. The van der Waals surface area contributed by atoms with Crippen molar-refractivity contribution in [3.8, 4) is 0 Å². The second-order valence-electron chi connectivity index (χ2n) is 5.45. The van der Waals surface area contributed by atoms with E-state index < -0.39 is 4.92 Å². The SMILES string of the molecule is CN1CCN(C(=O)c2ccc([N+](=O)[O-])c(N(C)C)c2)CC1. The third-order valence-corrected chi connectivity index (χ3v) is 3.69. The van der Waals surface area contributed by atoms with E-state index in [0.717, 1.165) is 13.1 Å². The summed E-state index contributed by atoms with van der Waals surface area (Å²) in [6.45, 7) is 3.06. The number of carbonyl (C=O) groups is 1. The number of likely N-dealkylation sites (N-methyl/N-ethyl adjacent to an activating group) is 1. The Morgan fingerprint density at radius 3 is 2.38 bits per heavy atom. The zero-order chi connectivity index (χ0) is 15.6. The van der Waals surface area contributed by atoms with Crippen molar-refractivity contribution in [2.45, 2.75) is 0 Å². The number of benzene rings is 1. The minimum Gasteiger partial charge on any atom is -0.372 e. The second-order valence-corrected chi connectivity index (χ2v) is 5.45. The molecular weight excluding hydrogens is 272 g/mol. The van der Waals surface area contributed by atoms with Crippen molar-refractivity contribution in [1.29, 1.82) is 0 Å². The van der Waals surface area contributed by atoms with Gasteiger partial charge in [-0.25, -0.2) is 0 Å². The van der Waals surface area contributed by atoms with Crippen LogP contribution < -0.4 is 4.90 Å². The van der Waals surface area contributed by atoms with E-state index in [2.05, 4.69) is 4.90 Å². The van der Waals surface area contributed by atoms with Crippen molar-refractivity contribution in [2.75, 3.05) is 52.2 Å². The fraction of sp³-hybridized carbons (Fsp3) is 0.500. The maximum atomic E-state index is 12.5. The van der Waals surface area contributed by atoms with E-state index in [9.17, 15) is 14.9 Å². The van der Waals surface area contributed by atoms with Crippen LogP contribution >= 0.6 is 0 Å². The van der Waals surface area contributed by atoms with Gasteiger partial charge in [0.15, 0.2) is 0 Å². The lowest BCUT2D eigenvalue weighted by atomic mass is 10.1. The number of anilines is 1. The van der Waals surface area contributed by atoms with Crippen molar-refractivity contribution in [3.63, 3.8) is 0 Å². The average Bonchev–Trinajstić information content (AvgIpc) is 2.46. The summed E-state index contributed by atoms with van der Waals surface area (Å²) in [6.07, 6.45) is 0. The smallest absolute Gasteiger partial charge is 0.292 e. The van der Waals surface area contributed by atoms with Crippen molar-refractivity contribution >= 4 is 17.3 Å². The molecule has 7 heteroatoms. The minimum atomic E-state index is -0.431. The van der Waals surface area contributed by atoms with E-state index in [-0.39, 0.29) is 11.6 Å². The Bertz CT molecular complexity index is 551. The molecule has 1 aromatic rings. The van der Waals surface area contributed by atoms with Gasteiger partial charge < -0.3 is 14.7 Å². The summed E-state index contributed by atoms with van der Waals surface area (Å²) in [4.78, 5) is 28.7. The van der Waals surface area contributed by atoms with Crippen LogP contribution in [0.1, 0.15) is 10.4 Å². The molecule has 1 heterocycles. The molecule has 21 heavy (non-hydrogen) atoms. The average molecular weight is 292 g/mol. The van der Waals surface area contributed by atoms with Crippen molar-refractivity contribution < 1.29 is 9.72 Å². The topological polar surface area (TPSA) is 69.9 Å². The lowest BCUT2D eigenvalue weighted by Gasteiger charge is -2.32. The van der Waals surface area contributed by atoms with Gasteiger partial charge in [0.2, 0.25) is 0 Å². The standard InChI is InChI=1S/C14H20N4O3/c1-15(2)13-10-11(4-5-12(13)18(20)21)14(19)17-8-6-16(3)7-9-17/h4-5,10H,6-9H2,1-3H3. The molecule has 0 unspecified atom stereocenters. The van der Waals surface area contributed by atoms with Crippen molar-refractivity contribution in [1.82, 2.24) is 9.80 Å². The minimum absolute atomic E-state index is 0.00919. The van der Waals surface area contributed by atoms with E-state index >= 15 is 0 Å². The number of rotatable bonds is 3. The van der Waals surface area contributed by atoms with Gasteiger partial charge in [0, 0.05) is 51.9 Å². The molecule has 1 aromatic carbocycles. The molecular formula is C14H20N4O3. The first-order chi connectivity index (χ1) is 9.90. The van der Waals surface area contributed by atoms with Crippen LogP contribution in [0, 0.1) is 10.1 Å². The maximum Gasteiger partial charge on any atom is 0.292 e. The molecule has 0 bridgehead atoms. The first kappa shape index (κ1) is 15.2. The molecule has 7 nitrogen and oxygen atoms in total. The number of piperazine rings is 1. The summed E-state index contributed by atoms with van der Waals surface area (Å²) in [6, 6.07) is 4.53. The van der Waals surface area contributed by atoms with Gasteiger partial charge in [0.1, 0.15) is 5.69 Å². The van der Waals surface area contributed by atoms with Gasteiger partial charge >= 0.3 is 0 Å². The molecule has 0 aliphatic carbocycles. The highest BCUT2D eigenvalue weighted by atomic mass is 16.6. The van der Waals surface area contributed by atoms with Crippen LogP contribution in [-0.2, 0) is 0 Å². The first-order valence-corrected chi connectivity index (χ1v) is 6.83. The summed E-state index contributed by atoms with van der Waals surface area (Å²) < 4.78 is 0. The third kappa shape index (κ3) is 3.30. The highest BCUT2D eigenvalue weighted by molar-refractivity contribution is 5.96. The summed E-state index contributed by atoms with van der Waals surface area (Å²) in [7, 11) is 5.48. The van der Waals surface area contributed by atoms with Gasteiger partial charge in [-0.3, -0.25) is 14.9 Å². The van der Waals surface area contributed by atoms with Crippen LogP contribution in [0.25, 0.3) is 0 Å². The quantitative estimate of drug-likeness (QED) is 0.615. The zero-order valence-electron chi connectivity index (χ0n) is 12.6. The maximum absolute atomic E-state index is 12.5. The number of carbonyl (C=O) groups excluding carboxylic acids is 1. The van der Waals surface area contributed by atoms with Crippen LogP contribution in [0.3, 0.4) is 0 Å². The van der Waals surface area contributed by atoms with Crippen LogP contribution in [0.15, 0.2) is 18.2 Å². The second kappa shape index (κ2) is 6.09. The Labute approximate surface area is 123 Å². The molecule has 1 fully saturated rings. The van der Waals surface area contributed by atoms with Crippen LogP contribution in [0.4, 0.5) is 11.4 Å². The number of nitro benzene ring substituents is 1. The normalized spacial score (nSPS) is 15.9. The van der Waals surface area contributed by atoms with Gasteiger partial charge in [0.25, 0.3) is 11.6 Å². The predicted molar refractivity (Wildman–Crippen MR) is 80.8 cm³/mol. The van der Waals surface area contributed by atoms with E-state index in [1.807, 2.05) is 7.05 Å². The van der Waals surface area contributed by atoms with E-state index in [1.54, 1.807) is 30.0 Å². The Kier molecular flexibility index (Phi) is 4.42. The highest BCUT2D eigenvalue weighted by Gasteiger charge is 2.23. The molecule has 0 saturated carbocycles. The molecule has 1 saturated heterocycles. The monoisotopic (exact) mass is 292 g/mol. The molecule has 0 radical (unpaired) electrons. The fourth-order valence-electron chi connectivity index (χ4n) is 2.36. The molecule has 114 valence electrons. The Hall–Kier alpha value is -2.15. The number of nitrogens with zero attached hydrogens (tertiary/aromatic N) is 4. The molecule has 1 aliphatic rings. The number of nitro groups is 1. The van der Waals surface area contributed by atoms with Gasteiger partial charge in [-0.15, -0.1) is 0 Å². The van der Waals surface area contributed by atoms with Gasteiger partial charge in [-0.2, -0.15) is 0 Å². The van der Waals surface area contributed by atoms with Crippen LogP contribution in [0.5, 0.6) is 0 Å². The molecule has 1 amide bonds. The largest absolute Gasteiger partial charge is 0.372 e. The molecule has 1 aliphatic heterocycles. The van der Waals surface area contributed by atoms with Crippen molar-refractivity contribution in [3.05, 3.63) is 33.9 Å². The predicted octanol–water partition coefficient (Wildman–Crippen LogP) is 1.05. The summed E-state index contributed by atoms with van der Waals surface area (Å²) in [5.74, 6) is -0.0684. The third-order valence-electron chi connectivity index (χ3n) is 3.69. The number of amides is 1. The van der Waals surface area contributed by atoms with Crippen molar-refractivity contribution in [2.24, 2.45) is 0 Å². The summed E-state index contributed by atoms with van der Waals surface area (Å²) >= 11 is 0. The Morgan fingerprint density at radius 1 is 1.24 bits per heavy atom. The van der Waals surface area contributed by atoms with Gasteiger partial charge in [-0.1, -0.05) is 0 Å². The molecule has 2 rings (SSSR count). The van der Waals surface area contributed by atoms with Gasteiger partial charge in [0.05, 0.1) is 4.92 Å². The lowest BCUT2D eigenvalue weighted by Crippen LogP contribution is -2.47. The first-order valence-electron chi connectivity index (χ1n) is 6.83. The Balaban J connectivity index is 2.26. The van der Waals surface area contributed by atoms with E-state index in [4.69, 9.17) is 0 Å². The van der Waals surface area contributed by atoms with E-state index in [1.165, 1.54) is 12.1 Å². The molecule has 0 aromatic heterocycles. The molecule has 0 spiro atoms. The molecule has 0 N–H and O–H groups in total. The Morgan fingerprint density at radius 2 is 1.86 bits per heavy atom. The van der Waals surface area contributed by atoms with Crippen LogP contribution in [-0.4, -0.2) is 68.0 Å². The number of hydrogen-bond acceptors (Lipinski definition) is 5. The van der Waals surface area contributed by atoms with Gasteiger partial charge in [-0.05, 0) is 19.2 Å². The zero-order valence-corrected chi connectivity index (χ0v) is 12.6. The van der Waals surface area contributed by atoms with E-state index in [0.29, 0.717) is 24.3 Å². The lowest BCUT2D eigenvalue weighted by molar-refractivity contribution is -0.384. The summed E-state index contributed by atoms with van der Waals surface area (Å²) in [5.41, 5.74) is 0.948. The molecule has 0 atom stereocenters. The number of hydrogen-bond donors (Lipinski definition) is 0.